The van der Waals surface area contributed by atoms with Gasteiger partial charge in [-0.3, -0.25) is 4.98 Å². The van der Waals surface area contributed by atoms with Gasteiger partial charge in [-0.05, 0) is 63.0 Å². The van der Waals surface area contributed by atoms with Crippen molar-refractivity contribution in [1.29, 1.82) is 0 Å². The van der Waals surface area contributed by atoms with Crippen LogP contribution >= 0.6 is 0 Å². The van der Waals surface area contributed by atoms with E-state index in [0.29, 0.717) is 6.04 Å². The molecule has 2 rings (SSSR count). The Hall–Kier alpha value is -1.05. The largest absolute Gasteiger partial charge is 0.381 e. The zero-order valence-electron chi connectivity index (χ0n) is 12.2. The van der Waals surface area contributed by atoms with Gasteiger partial charge in [-0.25, -0.2) is 0 Å². The van der Waals surface area contributed by atoms with Crippen LogP contribution in [0.4, 0.5) is 5.69 Å². The summed E-state index contributed by atoms with van der Waals surface area (Å²) < 4.78 is 0. The average Bonchev–Trinajstić information content (AvgIpc) is 2.34. The van der Waals surface area contributed by atoms with Gasteiger partial charge in [0, 0.05) is 12.2 Å². The molecule has 0 bridgehead atoms. The zero-order valence-corrected chi connectivity index (χ0v) is 12.2. The number of rotatable bonds is 3. The van der Waals surface area contributed by atoms with E-state index in [4.69, 9.17) is 0 Å². The highest BCUT2D eigenvalue weighted by Gasteiger charge is 2.23. The number of pyridine rings is 1. The quantitative estimate of drug-likeness (QED) is 0.859. The van der Waals surface area contributed by atoms with Gasteiger partial charge in [0.1, 0.15) is 0 Å². The molecule has 1 N–H and O–H groups in total. The van der Waals surface area contributed by atoms with E-state index >= 15 is 0 Å². The Morgan fingerprint density at radius 3 is 2.39 bits per heavy atom. The maximum atomic E-state index is 4.39. The standard InChI is InChI=1S/C16H26N2/c1-11(2)14-5-7-15(8-6-14)18-16-12(3)9-10-17-13(16)4/h9-11,14-15,18H,5-8H2,1-4H3. The third-order valence-corrected chi connectivity index (χ3v) is 4.41. The van der Waals surface area contributed by atoms with E-state index in [1.807, 2.05) is 6.20 Å². The zero-order chi connectivity index (χ0) is 13.1. The van der Waals surface area contributed by atoms with E-state index in [-0.39, 0.29) is 0 Å². The van der Waals surface area contributed by atoms with Gasteiger partial charge in [-0.15, -0.1) is 0 Å². The number of anilines is 1. The highest BCUT2D eigenvalue weighted by atomic mass is 14.9. The third-order valence-electron chi connectivity index (χ3n) is 4.41. The van der Waals surface area contributed by atoms with E-state index in [1.165, 1.54) is 36.9 Å². The molecule has 0 unspecified atom stereocenters. The number of aromatic nitrogens is 1. The fourth-order valence-corrected chi connectivity index (χ4v) is 3.05. The minimum atomic E-state index is 0.640. The van der Waals surface area contributed by atoms with E-state index in [2.05, 4.69) is 44.1 Å². The average molecular weight is 246 g/mol. The fourth-order valence-electron chi connectivity index (χ4n) is 3.05. The van der Waals surface area contributed by atoms with Crippen LogP contribution in [-0.4, -0.2) is 11.0 Å². The lowest BCUT2D eigenvalue weighted by Gasteiger charge is -2.32. The summed E-state index contributed by atoms with van der Waals surface area (Å²) in [5, 5.41) is 3.71. The molecule has 1 aromatic rings. The number of aryl methyl sites for hydroxylation is 2. The molecule has 0 saturated heterocycles. The molecule has 1 fully saturated rings. The molecule has 1 aliphatic rings. The summed E-state index contributed by atoms with van der Waals surface area (Å²) in [7, 11) is 0. The second kappa shape index (κ2) is 5.73. The predicted octanol–water partition coefficient (Wildman–Crippen LogP) is 4.33. The molecule has 1 saturated carbocycles. The molecule has 0 radical (unpaired) electrons. The van der Waals surface area contributed by atoms with Crippen LogP contribution in [0.15, 0.2) is 12.3 Å². The Labute approximate surface area is 111 Å². The first-order valence-corrected chi connectivity index (χ1v) is 7.26. The first-order chi connectivity index (χ1) is 8.58. The highest BCUT2D eigenvalue weighted by molar-refractivity contribution is 5.54. The van der Waals surface area contributed by atoms with Crippen molar-refractivity contribution in [3.8, 4) is 0 Å². The van der Waals surface area contributed by atoms with Crippen LogP contribution in [-0.2, 0) is 0 Å². The molecule has 0 atom stereocenters. The highest BCUT2D eigenvalue weighted by Crippen LogP contribution is 2.32. The molecule has 100 valence electrons. The fraction of sp³-hybridized carbons (Fsp3) is 0.688. The molecule has 2 nitrogen and oxygen atoms in total. The Morgan fingerprint density at radius 2 is 1.83 bits per heavy atom. The van der Waals surface area contributed by atoms with Crippen LogP contribution < -0.4 is 5.32 Å². The van der Waals surface area contributed by atoms with E-state index in [0.717, 1.165) is 17.5 Å². The summed E-state index contributed by atoms with van der Waals surface area (Å²) in [6.45, 7) is 8.97. The van der Waals surface area contributed by atoms with Gasteiger partial charge in [0.05, 0.1) is 11.4 Å². The maximum Gasteiger partial charge on any atom is 0.0606 e. The second-order valence-corrected chi connectivity index (χ2v) is 6.09. The van der Waals surface area contributed by atoms with Crippen LogP contribution in [0.1, 0.15) is 50.8 Å². The summed E-state index contributed by atoms with van der Waals surface area (Å²) >= 11 is 0. The number of hydrogen-bond donors (Lipinski definition) is 1. The number of nitrogens with one attached hydrogen (secondary N) is 1. The molecule has 18 heavy (non-hydrogen) atoms. The molecule has 0 spiro atoms. The second-order valence-electron chi connectivity index (χ2n) is 6.09. The van der Waals surface area contributed by atoms with E-state index < -0.39 is 0 Å². The Kier molecular flexibility index (Phi) is 4.26. The van der Waals surface area contributed by atoms with Crippen LogP contribution in [0.25, 0.3) is 0 Å². The molecule has 1 aromatic heterocycles. The molecule has 1 aliphatic carbocycles. The van der Waals surface area contributed by atoms with Gasteiger partial charge in [0.25, 0.3) is 0 Å². The van der Waals surface area contributed by atoms with Crippen molar-refractivity contribution in [2.45, 2.75) is 59.4 Å². The third kappa shape index (κ3) is 3.04. The molecule has 0 aliphatic heterocycles. The van der Waals surface area contributed by atoms with Gasteiger partial charge in [-0.2, -0.15) is 0 Å². The van der Waals surface area contributed by atoms with Crippen LogP contribution in [0, 0.1) is 25.7 Å². The lowest BCUT2D eigenvalue weighted by atomic mass is 9.79. The normalized spacial score (nSPS) is 24.3. The minimum absolute atomic E-state index is 0.640. The van der Waals surface area contributed by atoms with Crippen molar-refractivity contribution in [2.24, 2.45) is 11.8 Å². The van der Waals surface area contributed by atoms with Gasteiger partial charge < -0.3 is 5.32 Å². The summed E-state index contributed by atoms with van der Waals surface area (Å²) in [5.74, 6) is 1.77. The topological polar surface area (TPSA) is 24.9 Å². The monoisotopic (exact) mass is 246 g/mol. The van der Waals surface area contributed by atoms with Crippen molar-refractivity contribution >= 4 is 5.69 Å². The lowest BCUT2D eigenvalue weighted by Crippen LogP contribution is -2.28. The van der Waals surface area contributed by atoms with Crippen LogP contribution in [0.5, 0.6) is 0 Å². The summed E-state index contributed by atoms with van der Waals surface area (Å²) in [4.78, 5) is 4.39. The first-order valence-electron chi connectivity index (χ1n) is 7.26. The molecular weight excluding hydrogens is 220 g/mol. The minimum Gasteiger partial charge on any atom is -0.381 e. The Bertz CT molecular complexity index is 370. The van der Waals surface area contributed by atoms with Crippen LogP contribution in [0.2, 0.25) is 0 Å². The van der Waals surface area contributed by atoms with Gasteiger partial charge >= 0.3 is 0 Å². The Balaban J connectivity index is 1.96. The molecular formula is C16H26N2. The van der Waals surface area contributed by atoms with Crippen molar-refractivity contribution < 1.29 is 0 Å². The molecule has 2 heteroatoms. The Morgan fingerprint density at radius 1 is 1.17 bits per heavy atom. The SMILES string of the molecule is Cc1ccnc(C)c1NC1CCC(C(C)C)CC1. The summed E-state index contributed by atoms with van der Waals surface area (Å²) in [5.41, 5.74) is 3.69. The van der Waals surface area contributed by atoms with E-state index in [1.54, 1.807) is 0 Å². The maximum absolute atomic E-state index is 4.39. The molecule has 0 aromatic carbocycles. The van der Waals surface area contributed by atoms with Crippen LogP contribution in [0.3, 0.4) is 0 Å². The van der Waals surface area contributed by atoms with Crippen molar-refractivity contribution in [1.82, 2.24) is 4.98 Å². The van der Waals surface area contributed by atoms with E-state index in [9.17, 15) is 0 Å². The smallest absolute Gasteiger partial charge is 0.0606 e. The van der Waals surface area contributed by atoms with Crippen molar-refractivity contribution in [3.05, 3.63) is 23.5 Å². The van der Waals surface area contributed by atoms with Gasteiger partial charge in [-0.1, -0.05) is 13.8 Å². The number of nitrogens with zero attached hydrogens (tertiary/aromatic N) is 1. The van der Waals surface area contributed by atoms with Gasteiger partial charge in [0.15, 0.2) is 0 Å². The van der Waals surface area contributed by atoms with Gasteiger partial charge in [0.2, 0.25) is 0 Å². The lowest BCUT2D eigenvalue weighted by molar-refractivity contribution is 0.267. The van der Waals surface area contributed by atoms with Crippen molar-refractivity contribution in [2.75, 3.05) is 5.32 Å². The predicted molar refractivity (Wildman–Crippen MR) is 77.9 cm³/mol. The summed E-state index contributed by atoms with van der Waals surface area (Å²) in [6, 6.07) is 2.73. The molecule has 0 amide bonds. The summed E-state index contributed by atoms with van der Waals surface area (Å²) in [6.07, 6.45) is 7.24. The first kappa shape index (κ1) is 13.4. The number of hydrogen-bond acceptors (Lipinski definition) is 2. The molecule has 1 heterocycles. The van der Waals surface area contributed by atoms with Crippen molar-refractivity contribution in [3.63, 3.8) is 0 Å².